The minimum Gasteiger partial charge on any atom is -0.497 e. The van der Waals surface area contributed by atoms with Crippen molar-refractivity contribution in [3.8, 4) is 28.4 Å². The fourth-order valence-electron chi connectivity index (χ4n) is 3.86. The fraction of sp³-hybridized carbons (Fsp3) is 0.240. The molecule has 0 saturated heterocycles. The summed E-state index contributed by atoms with van der Waals surface area (Å²) in [4.78, 5) is 13.3. The number of aryl methyl sites for hydroxylation is 1. The van der Waals surface area contributed by atoms with E-state index in [0.717, 1.165) is 22.3 Å². The Bertz CT molecular complexity index is 1070. The molecule has 3 aromatic rings. The first-order valence-electron chi connectivity index (χ1n) is 9.78. The van der Waals surface area contributed by atoms with Crippen LogP contribution in [-0.4, -0.2) is 26.6 Å². The average Bonchev–Trinajstić information content (AvgIpc) is 2.76. The highest BCUT2D eigenvalue weighted by Gasteiger charge is 2.31. The van der Waals surface area contributed by atoms with Gasteiger partial charge in [-0.3, -0.25) is 4.79 Å². The SMILES string of the molecule is COc1cc(CC2COc3c(cc(C)cc3-c3ccc(F)cc3)C2=O)cc(OC)c1. The third-order valence-electron chi connectivity index (χ3n) is 5.35. The Labute approximate surface area is 175 Å². The van der Waals surface area contributed by atoms with Gasteiger partial charge in [0, 0.05) is 11.6 Å². The Morgan fingerprint density at radius 1 is 0.967 bits per heavy atom. The number of ether oxygens (including phenoxy) is 3. The van der Waals surface area contributed by atoms with Gasteiger partial charge in [0.25, 0.3) is 0 Å². The maximum Gasteiger partial charge on any atom is 0.173 e. The molecule has 0 amide bonds. The van der Waals surface area contributed by atoms with Crippen molar-refractivity contribution in [1.82, 2.24) is 0 Å². The molecule has 154 valence electrons. The van der Waals surface area contributed by atoms with Gasteiger partial charge in [0.05, 0.1) is 32.3 Å². The average molecular weight is 406 g/mol. The predicted molar refractivity (Wildman–Crippen MR) is 113 cm³/mol. The molecule has 0 fully saturated rings. The van der Waals surface area contributed by atoms with Crippen LogP contribution in [0.3, 0.4) is 0 Å². The number of methoxy groups -OCH3 is 2. The molecule has 1 aliphatic rings. The number of carbonyl (C=O) groups excluding carboxylic acids is 1. The van der Waals surface area contributed by atoms with E-state index in [1.807, 2.05) is 31.2 Å². The fourth-order valence-corrected chi connectivity index (χ4v) is 3.86. The second-order valence-electron chi connectivity index (χ2n) is 7.49. The maximum absolute atomic E-state index is 13.3. The summed E-state index contributed by atoms with van der Waals surface area (Å²) in [5, 5.41) is 0. The molecule has 0 radical (unpaired) electrons. The van der Waals surface area contributed by atoms with Crippen LogP contribution in [0.1, 0.15) is 21.5 Å². The highest BCUT2D eigenvalue weighted by atomic mass is 19.1. The van der Waals surface area contributed by atoms with Gasteiger partial charge >= 0.3 is 0 Å². The van der Waals surface area contributed by atoms with Crippen molar-refractivity contribution >= 4 is 5.78 Å². The molecule has 0 N–H and O–H groups in total. The quantitative estimate of drug-likeness (QED) is 0.580. The summed E-state index contributed by atoms with van der Waals surface area (Å²) in [6.07, 6.45) is 0.520. The molecular weight excluding hydrogens is 383 g/mol. The third kappa shape index (κ3) is 3.88. The normalized spacial score (nSPS) is 15.3. The van der Waals surface area contributed by atoms with Gasteiger partial charge in [0.2, 0.25) is 0 Å². The number of fused-ring (bicyclic) bond motifs is 1. The van der Waals surface area contributed by atoms with Crippen LogP contribution in [0, 0.1) is 18.7 Å². The van der Waals surface area contributed by atoms with Crippen molar-refractivity contribution in [3.05, 3.63) is 77.1 Å². The van der Waals surface area contributed by atoms with Crippen molar-refractivity contribution in [2.75, 3.05) is 20.8 Å². The zero-order valence-electron chi connectivity index (χ0n) is 17.2. The van der Waals surface area contributed by atoms with Gasteiger partial charge in [0.1, 0.15) is 23.1 Å². The molecule has 1 aliphatic heterocycles. The molecule has 0 aromatic heterocycles. The molecule has 0 saturated carbocycles. The highest BCUT2D eigenvalue weighted by molar-refractivity contribution is 6.03. The molecule has 4 nitrogen and oxygen atoms in total. The maximum atomic E-state index is 13.3. The Kier molecular flexibility index (Phi) is 5.44. The van der Waals surface area contributed by atoms with Gasteiger partial charge in [0.15, 0.2) is 5.78 Å². The van der Waals surface area contributed by atoms with E-state index >= 15 is 0 Å². The van der Waals surface area contributed by atoms with E-state index < -0.39 is 0 Å². The van der Waals surface area contributed by atoms with Gasteiger partial charge in [-0.05, 0) is 66.4 Å². The van der Waals surface area contributed by atoms with E-state index in [1.54, 1.807) is 32.4 Å². The van der Waals surface area contributed by atoms with Crippen LogP contribution >= 0.6 is 0 Å². The van der Waals surface area contributed by atoms with Crippen LogP contribution in [0.5, 0.6) is 17.2 Å². The summed E-state index contributed by atoms with van der Waals surface area (Å²) in [6.45, 7) is 2.22. The molecule has 0 bridgehead atoms. The van der Waals surface area contributed by atoms with Gasteiger partial charge in [-0.15, -0.1) is 0 Å². The lowest BCUT2D eigenvalue weighted by Crippen LogP contribution is -2.30. The molecule has 1 heterocycles. The molecule has 5 heteroatoms. The number of ketones is 1. The summed E-state index contributed by atoms with van der Waals surface area (Å²) in [5.41, 5.74) is 4.09. The Balaban J connectivity index is 1.67. The van der Waals surface area contributed by atoms with Gasteiger partial charge < -0.3 is 14.2 Å². The minimum atomic E-state index is -0.308. The Morgan fingerprint density at radius 2 is 1.60 bits per heavy atom. The summed E-state index contributed by atoms with van der Waals surface area (Å²) in [6, 6.07) is 15.7. The third-order valence-corrected chi connectivity index (χ3v) is 5.35. The Morgan fingerprint density at radius 3 is 2.23 bits per heavy atom. The lowest BCUT2D eigenvalue weighted by molar-refractivity contribution is 0.0831. The molecular formula is C25H23FO4. The van der Waals surface area contributed by atoms with Crippen molar-refractivity contribution < 1.29 is 23.4 Å². The van der Waals surface area contributed by atoms with Crippen LogP contribution in [0.25, 0.3) is 11.1 Å². The van der Waals surface area contributed by atoms with Crippen LogP contribution in [0.2, 0.25) is 0 Å². The second-order valence-corrected chi connectivity index (χ2v) is 7.49. The smallest absolute Gasteiger partial charge is 0.173 e. The van der Waals surface area contributed by atoms with Crippen LogP contribution < -0.4 is 14.2 Å². The number of rotatable bonds is 5. The summed E-state index contributed by atoms with van der Waals surface area (Å²) < 4.78 is 30.1. The van der Waals surface area contributed by atoms with Crippen LogP contribution in [0.15, 0.2) is 54.6 Å². The Hall–Kier alpha value is -3.34. The van der Waals surface area contributed by atoms with Gasteiger partial charge in [-0.1, -0.05) is 12.1 Å². The number of halogens is 1. The predicted octanol–water partition coefficient (Wildman–Crippen LogP) is 5.25. The van der Waals surface area contributed by atoms with Crippen molar-refractivity contribution in [1.29, 1.82) is 0 Å². The molecule has 0 spiro atoms. The largest absolute Gasteiger partial charge is 0.497 e. The van der Waals surface area contributed by atoms with Crippen molar-refractivity contribution in [2.45, 2.75) is 13.3 Å². The summed E-state index contributed by atoms with van der Waals surface area (Å²) in [5.74, 6) is 1.37. The topological polar surface area (TPSA) is 44.8 Å². The van der Waals surface area contributed by atoms with Crippen molar-refractivity contribution in [3.63, 3.8) is 0 Å². The zero-order valence-corrected chi connectivity index (χ0v) is 17.2. The molecule has 30 heavy (non-hydrogen) atoms. The molecule has 1 unspecified atom stereocenters. The van der Waals surface area contributed by atoms with E-state index in [-0.39, 0.29) is 24.1 Å². The van der Waals surface area contributed by atoms with E-state index in [4.69, 9.17) is 14.2 Å². The lowest BCUT2D eigenvalue weighted by atomic mass is 9.86. The lowest BCUT2D eigenvalue weighted by Gasteiger charge is -2.27. The standard InChI is InChI=1S/C25H23FO4/c1-15-8-22(17-4-6-19(26)7-5-17)25-23(9-15)24(27)18(14-30-25)10-16-11-20(28-2)13-21(12-16)29-3/h4-9,11-13,18H,10,14H2,1-3H3. The number of benzene rings is 3. The number of hydrogen-bond acceptors (Lipinski definition) is 4. The van der Waals surface area contributed by atoms with Gasteiger partial charge in [-0.2, -0.15) is 0 Å². The van der Waals surface area contributed by atoms with Gasteiger partial charge in [-0.25, -0.2) is 4.39 Å². The zero-order chi connectivity index (χ0) is 21.3. The number of Topliss-reactive ketones (excluding diaryl/α,β-unsaturated/α-hetero) is 1. The molecule has 4 rings (SSSR count). The number of hydrogen-bond donors (Lipinski definition) is 0. The van der Waals surface area contributed by atoms with Crippen molar-refractivity contribution in [2.24, 2.45) is 5.92 Å². The molecule has 3 aromatic carbocycles. The van der Waals surface area contributed by atoms with E-state index in [2.05, 4.69) is 0 Å². The van der Waals surface area contributed by atoms with E-state index in [9.17, 15) is 9.18 Å². The highest BCUT2D eigenvalue weighted by Crippen LogP contribution is 2.39. The van der Waals surface area contributed by atoms with E-state index in [0.29, 0.717) is 29.2 Å². The second kappa shape index (κ2) is 8.19. The van der Waals surface area contributed by atoms with Crippen LogP contribution in [-0.2, 0) is 6.42 Å². The molecule has 0 aliphatic carbocycles. The summed E-state index contributed by atoms with van der Waals surface area (Å²) in [7, 11) is 3.20. The first-order chi connectivity index (χ1) is 14.5. The van der Waals surface area contributed by atoms with Crippen LogP contribution in [0.4, 0.5) is 4.39 Å². The monoisotopic (exact) mass is 406 g/mol. The molecule has 1 atom stereocenters. The first-order valence-corrected chi connectivity index (χ1v) is 9.78. The summed E-state index contributed by atoms with van der Waals surface area (Å²) >= 11 is 0. The first kappa shape index (κ1) is 20.0. The number of carbonyl (C=O) groups is 1. The van der Waals surface area contributed by atoms with E-state index in [1.165, 1.54) is 12.1 Å². The minimum absolute atomic E-state index is 0.0464.